The molecule has 0 bridgehead atoms. The van der Waals surface area contributed by atoms with Crippen molar-refractivity contribution in [2.45, 2.75) is 58.5 Å². The molecule has 0 saturated carbocycles. The minimum absolute atomic E-state index is 0.161. The van der Waals surface area contributed by atoms with E-state index in [0.29, 0.717) is 53.5 Å². The predicted octanol–water partition coefficient (Wildman–Crippen LogP) is 4.84. The van der Waals surface area contributed by atoms with Gasteiger partial charge in [-0.3, -0.25) is 24.8 Å². The van der Waals surface area contributed by atoms with E-state index in [4.69, 9.17) is 14.2 Å². The Morgan fingerprint density at radius 2 is 1.73 bits per heavy atom. The number of methoxy groups -OCH3 is 3. The first-order valence-corrected chi connectivity index (χ1v) is 15.9. The fourth-order valence-electron chi connectivity index (χ4n) is 6.09. The van der Waals surface area contributed by atoms with Crippen LogP contribution in [0.5, 0.6) is 17.2 Å². The third kappa shape index (κ3) is 7.43. The van der Waals surface area contributed by atoms with E-state index in [1.165, 1.54) is 25.7 Å². The molecule has 0 saturated heterocycles. The van der Waals surface area contributed by atoms with E-state index in [-0.39, 0.29) is 34.8 Å². The molecule has 1 aromatic heterocycles. The standard InChI is InChI=1S/C36H42N6O6/c1-20(2)32(35(45)40-36-39-30(41-42-36)17-12-22-10-8-7-9-11-22)38-27-16-14-24-25(19-28(27)44)26(37-21(3)43)15-13-23-18-29(46-4)33(47-5)34(48-6)31(23)24/h7-11,14,16,18-20,26,32H,12-13,15,17H2,1-6H3,(H,37,43)(H,38,44)(H2,39,40,41,42,45). The third-order valence-electron chi connectivity index (χ3n) is 8.44. The van der Waals surface area contributed by atoms with E-state index in [9.17, 15) is 14.4 Å². The van der Waals surface area contributed by atoms with Gasteiger partial charge in [-0.25, -0.2) is 0 Å². The first kappa shape index (κ1) is 34.0. The van der Waals surface area contributed by atoms with Gasteiger partial charge in [0.1, 0.15) is 11.9 Å². The van der Waals surface area contributed by atoms with Crippen molar-refractivity contribution >= 4 is 23.5 Å². The molecule has 5 rings (SSSR count). The lowest BCUT2D eigenvalue weighted by Crippen LogP contribution is -2.40. The van der Waals surface area contributed by atoms with Gasteiger partial charge in [0.2, 0.25) is 28.9 Å². The molecule has 1 heterocycles. The van der Waals surface area contributed by atoms with Crippen molar-refractivity contribution in [2.24, 2.45) is 5.92 Å². The maximum absolute atomic E-state index is 13.8. The normalized spacial score (nSPS) is 14.2. The number of H-pyrrole nitrogens is 1. The Labute approximate surface area is 279 Å². The van der Waals surface area contributed by atoms with Gasteiger partial charge in [-0.05, 0) is 65.6 Å². The number of nitrogens with zero attached hydrogens (tertiary/aromatic N) is 2. The molecule has 2 unspecified atom stereocenters. The number of hydrogen-bond donors (Lipinski definition) is 4. The summed E-state index contributed by atoms with van der Waals surface area (Å²) >= 11 is 0. The molecule has 2 atom stereocenters. The lowest BCUT2D eigenvalue weighted by atomic mass is 9.95. The van der Waals surface area contributed by atoms with E-state index in [1.807, 2.05) is 56.3 Å². The highest BCUT2D eigenvalue weighted by atomic mass is 16.5. The summed E-state index contributed by atoms with van der Waals surface area (Å²) in [5.41, 5.74) is 4.04. The number of aromatic amines is 1. The highest BCUT2D eigenvalue weighted by molar-refractivity contribution is 5.95. The molecule has 0 spiro atoms. The SMILES string of the molecule is COc1cc2c(c(OC)c1OC)-c1ccc(NC(C(=O)Nc3n[nH]c(CCc4ccccc4)n3)C(C)C)c(=O)cc1C(NC(C)=O)CC2. The Morgan fingerprint density at radius 3 is 2.40 bits per heavy atom. The number of aryl methyl sites for hydroxylation is 3. The van der Waals surface area contributed by atoms with Gasteiger partial charge in [0.05, 0.1) is 33.1 Å². The van der Waals surface area contributed by atoms with Crippen LogP contribution in [-0.2, 0) is 28.9 Å². The highest BCUT2D eigenvalue weighted by Crippen LogP contribution is 2.50. The zero-order valence-corrected chi connectivity index (χ0v) is 28.1. The van der Waals surface area contributed by atoms with Gasteiger partial charge in [-0.15, -0.1) is 5.10 Å². The fourth-order valence-corrected chi connectivity index (χ4v) is 6.09. The van der Waals surface area contributed by atoms with Crippen molar-refractivity contribution in [3.63, 3.8) is 0 Å². The Hall–Kier alpha value is -5.39. The largest absolute Gasteiger partial charge is 0.493 e. The van der Waals surface area contributed by atoms with Crippen LogP contribution in [0.1, 0.15) is 55.7 Å². The molecular weight excluding hydrogens is 612 g/mol. The number of anilines is 2. The lowest BCUT2D eigenvalue weighted by molar-refractivity contribution is -0.120. The number of ether oxygens (including phenoxy) is 3. The summed E-state index contributed by atoms with van der Waals surface area (Å²) in [6.07, 6.45) is 2.53. The fraction of sp³-hybridized carbons (Fsp3) is 0.361. The number of benzene rings is 2. The molecule has 252 valence electrons. The van der Waals surface area contributed by atoms with Gasteiger partial charge in [-0.2, -0.15) is 4.98 Å². The second-order valence-corrected chi connectivity index (χ2v) is 12.0. The van der Waals surface area contributed by atoms with E-state index in [1.54, 1.807) is 20.3 Å². The molecule has 0 fully saturated rings. The number of carbonyl (C=O) groups is 2. The van der Waals surface area contributed by atoms with Crippen LogP contribution < -0.4 is 35.6 Å². The minimum atomic E-state index is -0.788. The monoisotopic (exact) mass is 654 g/mol. The number of amides is 2. The van der Waals surface area contributed by atoms with Crippen LogP contribution >= 0.6 is 0 Å². The summed E-state index contributed by atoms with van der Waals surface area (Å²) in [4.78, 5) is 44.1. The van der Waals surface area contributed by atoms with Crippen molar-refractivity contribution < 1.29 is 23.8 Å². The molecule has 1 aliphatic carbocycles. The summed E-state index contributed by atoms with van der Waals surface area (Å²) in [5.74, 6) is 1.40. The van der Waals surface area contributed by atoms with Crippen LogP contribution in [0.2, 0.25) is 0 Å². The van der Waals surface area contributed by atoms with Crippen LogP contribution in [0.15, 0.2) is 59.4 Å². The average Bonchev–Trinajstić information content (AvgIpc) is 3.39. The molecule has 2 amide bonds. The molecule has 4 aromatic rings. The van der Waals surface area contributed by atoms with E-state index < -0.39 is 12.1 Å². The summed E-state index contributed by atoms with van der Waals surface area (Å²) in [7, 11) is 4.65. The Kier molecular flexibility index (Phi) is 10.6. The summed E-state index contributed by atoms with van der Waals surface area (Å²) in [6.45, 7) is 5.22. The lowest BCUT2D eigenvalue weighted by Gasteiger charge is -2.21. The van der Waals surface area contributed by atoms with Crippen LogP contribution in [0.4, 0.5) is 11.6 Å². The van der Waals surface area contributed by atoms with Crippen LogP contribution in [0.25, 0.3) is 11.1 Å². The molecule has 0 aliphatic heterocycles. The van der Waals surface area contributed by atoms with Crippen molar-refractivity contribution in [3.8, 4) is 28.4 Å². The first-order chi connectivity index (χ1) is 23.1. The number of aromatic nitrogens is 3. The summed E-state index contributed by atoms with van der Waals surface area (Å²) < 4.78 is 17.1. The molecule has 1 aliphatic rings. The molecular formula is C36H42N6O6. The molecule has 3 aromatic carbocycles. The van der Waals surface area contributed by atoms with Crippen molar-refractivity contribution in [2.75, 3.05) is 32.0 Å². The van der Waals surface area contributed by atoms with E-state index >= 15 is 0 Å². The van der Waals surface area contributed by atoms with Gasteiger partial charge >= 0.3 is 0 Å². The second-order valence-electron chi connectivity index (χ2n) is 12.0. The number of hydrogen-bond acceptors (Lipinski definition) is 9. The molecule has 4 N–H and O–H groups in total. The molecule has 12 nitrogen and oxygen atoms in total. The summed E-state index contributed by atoms with van der Waals surface area (Å²) in [5, 5.41) is 16.0. The molecule has 0 radical (unpaired) electrons. The Balaban J connectivity index is 1.47. The maximum atomic E-state index is 13.8. The van der Waals surface area contributed by atoms with Crippen molar-refractivity contribution in [1.82, 2.24) is 20.5 Å². The number of nitrogens with one attached hydrogen (secondary N) is 4. The van der Waals surface area contributed by atoms with Gasteiger partial charge in [-0.1, -0.05) is 50.2 Å². The van der Waals surface area contributed by atoms with Gasteiger partial charge < -0.3 is 24.8 Å². The summed E-state index contributed by atoms with van der Waals surface area (Å²) in [6, 6.07) is 15.7. The Morgan fingerprint density at radius 1 is 0.979 bits per heavy atom. The zero-order chi connectivity index (χ0) is 34.4. The van der Waals surface area contributed by atoms with E-state index in [0.717, 1.165) is 17.5 Å². The number of fused-ring (bicyclic) bond motifs is 3. The smallest absolute Gasteiger partial charge is 0.249 e. The van der Waals surface area contributed by atoms with E-state index in [2.05, 4.69) is 31.1 Å². The first-order valence-electron chi connectivity index (χ1n) is 15.9. The zero-order valence-electron chi connectivity index (χ0n) is 28.1. The average molecular weight is 655 g/mol. The van der Waals surface area contributed by atoms with Crippen LogP contribution in [-0.4, -0.2) is 54.4 Å². The highest BCUT2D eigenvalue weighted by Gasteiger charge is 2.30. The van der Waals surface area contributed by atoms with Crippen molar-refractivity contribution in [1.29, 1.82) is 0 Å². The predicted molar refractivity (Wildman–Crippen MR) is 184 cm³/mol. The van der Waals surface area contributed by atoms with Gasteiger partial charge in [0, 0.05) is 18.9 Å². The Bertz CT molecular complexity index is 1840. The number of carbonyl (C=O) groups excluding carboxylic acids is 2. The topological polar surface area (TPSA) is 157 Å². The molecule has 12 heteroatoms. The second kappa shape index (κ2) is 15.0. The quantitative estimate of drug-likeness (QED) is 0.168. The van der Waals surface area contributed by atoms with Crippen molar-refractivity contribution in [3.05, 3.63) is 87.3 Å². The third-order valence-corrected chi connectivity index (χ3v) is 8.44. The van der Waals surface area contributed by atoms with Gasteiger partial charge in [0.25, 0.3) is 0 Å². The maximum Gasteiger partial charge on any atom is 0.249 e. The van der Waals surface area contributed by atoms with Crippen LogP contribution in [0.3, 0.4) is 0 Å². The minimum Gasteiger partial charge on any atom is -0.493 e. The van der Waals surface area contributed by atoms with Gasteiger partial charge in [0.15, 0.2) is 11.5 Å². The number of rotatable bonds is 12. The van der Waals surface area contributed by atoms with Crippen LogP contribution in [0, 0.1) is 5.92 Å². The molecule has 48 heavy (non-hydrogen) atoms.